The van der Waals surface area contributed by atoms with Crippen LogP contribution < -0.4 is 4.90 Å². The highest BCUT2D eigenvalue weighted by Gasteiger charge is 2.23. The van der Waals surface area contributed by atoms with Crippen LogP contribution in [0, 0.1) is 5.92 Å². The standard InChI is InChI=1S/C17H22N4O2/c1-13(2)16(22)20-9-6-10-21(12-11-20)17-18-15(23-19-17)14-7-4-3-5-8-14/h3-5,7-8,13H,6,9-12H2,1-2H3. The largest absolute Gasteiger partial charge is 0.341 e. The second-order valence-electron chi connectivity index (χ2n) is 6.09. The summed E-state index contributed by atoms with van der Waals surface area (Å²) in [6.07, 6.45) is 0.910. The summed E-state index contributed by atoms with van der Waals surface area (Å²) in [6.45, 7) is 6.93. The van der Waals surface area contributed by atoms with Gasteiger partial charge in [0.1, 0.15) is 0 Å². The molecule has 6 heteroatoms. The number of rotatable bonds is 3. The third-order valence-corrected chi connectivity index (χ3v) is 4.02. The summed E-state index contributed by atoms with van der Waals surface area (Å²) < 4.78 is 5.37. The fourth-order valence-electron chi connectivity index (χ4n) is 2.75. The highest BCUT2D eigenvalue weighted by Crippen LogP contribution is 2.21. The minimum Gasteiger partial charge on any atom is -0.341 e. The normalized spacial score (nSPS) is 15.8. The van der Waals surface area contributed by atoms with Gasteiger partial charge in [-0.15, -0.1) is 0 Å². The molecule has 3 rings (SSSR count). The van der Waals surface area contributed by atoms with Crippen molar-refractivity contribution >= 4 is 11.9 Å². The molecular formula is C17H22N4O2. The summed E-state index contributed by atoms with van der Waals surface area (Å²) >= 11 is 0. The maximum atomic E-state index is 12.1. The Balaban J connectivity index is 1.69. The molecule has 1 aliphatic rings. The van der Waals surface area contributed by atoms with E-state index in [9.17, 15) is 4.79 Å². The summed E-state index contributed by atoms with van der Waals surface area (Å²) in [5, 5.41) is 4.10. The topological polar surface area (TPSA) is 62.5 Å². The fourth-order valence-corrected chi connectivity index (χ4v) is 2.75. The van der Waals surface area contributed by atoms with Crippen LogP contribution in [-0.4, -0.2) is 47.1 Å². The summed E-state index contributed by atoms with van der Waals surface area (Å²) in [7, 11) is 0. The zero-order chi connectivity index (χ0) is 16.2. The zero-order valence-electron chi connectivity index (χ0n) is 13.6. The number of anilines is 1. The minimum atomic E-state index is 0.0383. The van der Waals surface area contributed by atoms with Crippen LogP contribution in [0.1, 0.15) is 20.3 Å². The lowest BCUT2D eigenvalue weighted by Gasteiger charge is -2.22. The Kier molecular flexibility index (Phi) is 4.60. The lowest BCUT2D eigenvalue weighted by molar-refractivity contribution is -0.134. The molecule has 0 atom stereocenters. The van der Waals surface area contributed by atoms with Crippen LogP contribution in [0.5, 0.6) is 0 Å². The number of amides is 1. The highest BCUT2D eigenvalue weighted by atomic mass is 16.5. The molecule has 0 spiro atoms. The summed E-state index contributed by atoms with van der Waals surface area (Å²) in [5.41, 5.74) is 0.915. The molecule has 0 bridgehead atoms. The minimum absolute atomic E-state index is 0.0383. The number of aromatic nitrogens is 2. The molecule has 0 N–H and O–H groups in total. The van der Waals surface area contributed by atoms with Gasteiger partial charge in [0.2, 0.25) is 5.91 Å². The van der Waals surface area contributed by atoms with Crippen LogP contribution in [0.2, 0.25) is 0 Å². The summed E-state index contributed by atoms with van der Waals surface area (Å²) in [4.78, 5) is 20.7. The fraction of sp³-hybridized carbons (Fsp3) is 0.471. The smallest absolute Gasteiger partial charge is 0.266 e. The highest BCUT2D eigenvalue weighted by molar-refractivity contribution is 5.78. The molecule has 1 aromatic carbocycles. The van der Waals surface area contributed by atoms with Crippen molar-refractivity contribution in [3.63, 3.8) is 0 Å². The van der Waals surface area contributed by atoms with Gasteiger partial charge in [-0.25, -0.2) is 0 Å². The zero-order valence-corrected chi connectivity index (χ0v) is 13.6. The van der Waals surface area contributed by atoms with Crippen molar-refractivity contribution in [1.82, 2.24) is 15.0 Å². The maximum absolute atomic E-state index is 12.1. The Morgan fingerprint density at radius 3 is 2.65 bits per heavy atom. The van der Waals surface area contributed by atoms with Crippen molar-refractivity contribution in [2.45, 2.75) is 20.3 Å². The van der Waals surface area contributed by atoms with Gasteiger partial charge in [-0.3, -0.25) is 4.79 Å². The number of hydrogen-bond acceptors (Lipinski definition) is 5. The van der Waals surface area contributed by atoms with Crippen molar-refractivity contribution in [2.24, 2.45) is 5.92 Å². The van der Waals surface area contributed by atoms with E-state index in [2.05, 4.69) is 15.0 Å². The van der Waals surface area contributed by atoms with E-state index in [4.69, 9.17) is 4.52 Å². The molecule has 1 aromatic heterocycles. The SMILES string of the molecule is CC(C)C(=O)N1CCCN(c2noc(-c3ccccc3)n2)CC1. The molecule has 6 nitrogen and oxygen atoms in total. The quantitative estimate of drug-likeness (QED) is 0.870. The monoisotopic (exact) mass is 314 g/mol. The lowest BCUT2D eigenvalue weighted by Crippen LogP contribution is -2.37. The Morgan fingerprint density at radius 2 is 1.91 bits per heavy atom. The third-order valence-electron chi connectivity index (χ3n) is 4.02. The molecule has 0 aliphatic carbocycles. The van der Waals surface area contributed by atoms with Crippen LogP contribution in [0.3, 0.4) is 0 Å². The average molecular weight is 314 g/mol. The molecular weight excluding hydrogens is 292 g/mol. The molecule has 122 valence electrons. The molecule has 2 heterocycles. The summed E-state index contributed by atoms with van der Waals surface area (Å²) in [5.74, 6) is 1.38. The average Bonchev–Trinajstić information content (AvgIpc) is 2.93. The van der Waals surface area contributed by atoms with Gasteiger partial charge in [0.15, 0.2) is 0 Å². The van der Waals surface area contributed by atoms with Gasteiger partial charge >= 0.3 is 0 Å². The number of benzene rings is 1. The van der Waals surface area contributed by atoms with E-state index in [1.54, 1.807) is 0 Å². The number of carbonyl (C=O) groups excluding carboxylic acids is 1. The van der Waals surface area contributed by atoms with E-state index in [-0.39, 0.29) is 11.8 Å². The molecule has 1 saturated heterocycles. The van der Waals surface area contributed by atoms with Crippen LogP contribution in [-0.2, 0) is 4.79 Å². The summed E-state index contributed by atoms with van der Waals surface area (Å²) in [6, 6.07) is 9.74. The van der Waals surface area contributed by atoms with Crippen LogP contribution in [0.4, 0.5) is 5.95 Å². The van der Waals surface area contributed by atoms with E-state index < -0.39 is 0 Å². The Hall–Kier alpha value is -2.37. The number of carbonyl (C=O) groups is 1. The van der Waals surface area contributed by atoms with Gasteiger partial charge in [0.05, 0.1) is 0 Å². The van der Waals surface area contributed by atoms with Gasteiger partial charge in [0, 0.05) is 37.7 Å². The maximum Gasteiger partial charge on any atom is 0.266 e. The van der Waals surface area contributed by atoms with Crippen LogP contribution >= 0.6 is 0 Å². The van der Waals surface area contributed by atoms with Crippen molar-refractivity contribution < 1.29 is 9.32 Å². The third kappa shape index (κ3) is 3.52. The number of hydrogen-bond donors (Lipinski definition) is 0. The Bertz CT molecular complexity index is 654. The molecule has 1 aliphatic heterocycles. The van der Waals surface area contributed by atoms with Crippen LogP contribution in [0.25, 0.3) is 11.5 Å². The van der Waals surface area contributed by atoms with E-state index in [1.165, 1.54) is 0 Å². The Morgan fingerprint density at radius 1 is 1.13 bits per heavy atom. The van der Waals surface area contributed by atoms with Crippen LogP contribution in [0.15, 0.2) is 34.9 Å². The first-order chi connectivity index (χ1) is 11.1. The van der Waals surface area contributed by atoms with Gasteiger partial charge in [0.25, 0.3) is 11.8 Å². The van der Waals surface area contributed by atoms with Crippen molar-refractivity contribution in [1.29, 1.82) is 0 Å². The number of nitrogens with zero attached hydrogens (tertiary/aromatic N) is 4. The van der Waals surface area contributed by atoms with E-state index >= 15 is 0 Å². The van der Waals surface area contributed by atoms with Crippen molar-refractivity contribution in [3.8, 4) is 11.5 Å². The molecule has 0 saturated carbocycles. The molecule has 2 aromatic rings. The second-order valence-corrected chi connectivity index (χ2v) is 6.09. The van der Waals surface area contributed by atoms with Gasteiger partial charge in [-0.1, -0.05) is 32.0 Å². The Labute approximate surface area is 136 Å². The molecule has 1 amide bonds. The van der Waals surface area contributed by atoms with E-state index in [0.717, 1.165) is 31.6 Å². The lowest BCUT2D eigenvalue weighted by atomic mass is 10.2. The van der Waals surface area contributed by atoms with E-state index in [1.807, 2.05) is 49.1 Å². The van der Waals surface area contributed by atoms with Crippen molar-refractivity contribution in [3.05, 3.63) is 30.3 Å². The first-order valence-corrected chi connectivity index (χ1v) is 8.08. The molecule has 23 heavy (non-hydrogen) atoms. The molecule has 0 unspecified atom stereocenters. The first-order valence-electron chi connectivity index (χ1n) is 8.08. The van der Waals surface area contributed by atoms with Gasteiger partial charge < -0.3 is 14.3 Å². The van der Waals surface area contributed by atoms with Gasteiger partial charge in [-0.2, -0.15) is 4.98 Å². The predicted octanol–water partition coefficient (Wildman–Crippen LogP) is 2.43. The molecule has 0 radical (unpaired) electrons. The van der Waals surface area contributed by atoms with Gasteiger partial charge in [-0.05, 0) is 23.7 Å². The molecule has 1 fully saturated rings. The van der Waals surface area contributed by atoms with Crippen molar-refractivity contribution in [2.75, 3.05) is 31.1 Å². The second kappa shape index (κ2) is 6.81. The predicted molar refractivity (Wildman–Crippen MR) is 88.0 cm³/mol. The van der Waals surface area contributed by atoms with E-state index in [0.29, 0.717) is 18.4 Å². The first kappa shape index (κ1) is 15.5.